The normalized spacial score (nSPS) is 11.1. The first-order valence-electron chi connectivity index (χ1n) is 10.6. The minimum atomic E-state index is -0.155. The van der Waals surface area contributed by atoms with E-state index in [4.69, 9.17) is 19.2 Å². The Labute approximate surface area is 193 Å². The molecule has 1 heterocycles. The third kappa shape index (κ3) is 5.14. The van der Waals surface area contributed by atoms with Crippen molar-refractivity contribution in [3.05, 3.63) is 41.5 Å². The molecule has 3 aromatic rings. The monoisotopic (exact) mass is 457 g/mol. The first-order valence-corrected chi connectivity index (χ1v) is 11.4. The van der Waals surface area contributed by atoms with E-state index in [1.807, 2.05) is 20.2 Å². The predicted octanol–water partition coefficient (Wildman–Crippen LogP) is 4.48. The number of carbonyl (C=O) groups is 1. The Balaban J connectivity index is 2.03. The molecule has 0 unspecified atom stereocenters. The van der Waals surface area contributed by atoms with Crippen molar-refractivity contribution in [1.82, 2.24) is 9.88 Å². The summed E-state index contributed by atoms with van der Waals surface area (Å²) < 4.78 is 17.4. The van der Waals surface area contributed by atoms with Crippen LogP contribution in [0.1, 0.15) is 29.3 Å². The van der Waals surface area contributed by atoms with Crippen molar-refractivity contribution in [2.75, 3.05) is 53.4 Å². The average molecular weight is 458 g/mol. The highest BCUT2D eigenvalue weighted by Crippen LogP contribution is 2.39. The van der Waals surface area contributed by atoms with Gasteiger partial charge in [-0.15, -0.1) is 0 Å². The number of nitrogens with zero attached hydrogens (tertiary/aromatic N) is 3. The van der Waals surface area contributed by atoms with Gasteiger partial charge in [0, 0.05) is 12.1 Å². The highest BCUT2D eigenvalue weighted by Gasteiger charge is 2.24. The van der Waals surface area contributed by atoms with Gasteiger partial charge in [0.05, 0.1) is 31.5 Å². The summed E-state index contributed by atoms with van der Waals surface area (Å²) in [5.41, 5.74) is 2.61. The summed E-state index contributed by atoms with van der Waals surface area (Å²) >= 11 is 1.54. The number of methoxy groups -OCH3 is 3. The number of amides is 1. The van der Waals surface area contributed by atoms with E-state index in [1.165, 1.54) is 16.9 Å². The van der Waals surface area contributed by atoms with Gasteiger partial charge >= 0.3 is 0 Å². The fourth-order valence-corrected chi connectivity index (χ4v) is 4.54. The van der Waals surface area contributed by atoms with Crippen LogP contribution in [0.2, 0.25) is 0 Å². The quantitative estimate of drug-likeness (QED) is 0.447. The lowest BCUT2D eigenvalue weighted by atomic mass is 10.1. The average Bonchev–Trinajstić information content (AvgIpc) is 3.22. The van der Waals surface area contributed by atoms with Crippen LogP contribution in [0.15, 0.2) is 30.3 Å². The minimum Gasteiger partial charge on any atom is -0.493 e. The lowest BCUT2D eigenvalue weighted by Crippen LogP contribution is -2.33. The molecule has 2 aromatic carbocycles. The van der Waals surface area contributed by atoms with Gasteiger partial charge in [-0.25, -0.2) is 4.98 Å². The van der Waals surface area contributed by atoms with Crippen molar-refractivity contribution in [2.45, 2.75) is 19.8 Å². The fraction of sp³-hybridized carbons (Fsp3) is 0.417. The van der Waals surface area contributed by atoms with Gasteiger partial charge in [-0.05, 0) is 63.3 Å². The summed E-state index contributed by atoms with van der Waals surface area (Å²) in [4.78, 5) is 22.3. The number of thiazole rings is 1. The molecule has 1 aromatic heterocycles. The topological polar surface area (TPSA) is 64.1 Å². The van der Waals surface area contributed by atoms with E-state index in [9.17, 15) is 4.79 Å². The molecule has 0 aliphatic carbocycles. The Morgan fingerprint density at radius 1 is 1.00 bits per heavy atom. The van der Waals surface area contributed by atoms with E-state index in [0.717, 1.165) is 29.6 Å². The smallest absolute Gasteiger partial charge is 0.260 e. The highest BCUT2D eigenvalue weighted by molar-refractivity contribution is 7.22. The maximum Gasteiger partial charge on any atom is 0.260 e. The van der Waals surface area contributed by atoms with E-state index < -0.39 is 0 Å². The molecule has 0 fully saturated rings. The van der Waals surface area contributed by atoms with Gasteiger partial charge in [0.25, 0.3) is 5.91 Å². The molecule has 0 N–H and O–H groups in total. The van der Waals surface area contributed by atoms with Crippen molar-refractivity contribution < 1.29 is 19.0 Å². The number of ether oxygens (including phenoxy) is 3. The second-order valence-corrected chi connectivity index (χ2v) is 8.69. The van der Waals surface area contributed by atoms with Crippen molar-refractivity contribution >= 4 is 32.6 Å². The van der Waals surface area contributed by atoms with Crippen LogP contribution in [0.3, 0.4) is 0 Å². The van der Waals surface area contributed by atoms with E-state index in [1.54, 1.807) is 38.4 Å². The number of fused-ring (bicyclic) bond motifs is 1. The van der Waals surface area contributed by atoms with Gasteiger partial charge in [0.2, 0.25) is 5.75 Å². The second kappa shape index (κ2) is 10.7. The number of carbonyl (C=O) groups excluding carboxylic acids is 1. The molecule has 0 spiro atoms. The molecule has 8 heteroatoms. The Morgan fingerprint density at radius 3 is 2.25 bits per heavy atom. The van der Waals surface area contributed by atoms with Gasteiger partial charge in [0.15, 0.2) is 16.6 Å². The molecule has 1 amide bonds. The molecular formula is C24H31N3O4S. The van der Waals surface area contributed by atoms with Crippen LogP contribution in [0.5, 0.6) is 17.2 Å². The summed E-state index contributed by atoms with van der Waals surface area (Å²) in [6, 6.07) is 9.63. The second-order valence-electron chi connectivity index (χ2n) is 7.68. The predicted molar refractivity (Wildman–Crippen MR) is 130 cm³/mol. The van der Waals surface area contributed by atoms with Crippen molar-refractivity contribution in [3.63, 3.8) is 0 Å². The first kappa shape index (κ1) is 23.8. The van der Waals surface area contributed by atoms with Crippen LogP contribution in [-0.4, -0.2) is 64.3 Å². The van der Waals surface area contributed by atoms with Crippen LogP contribution in [-0.2, 0) is 6.42 Å². The standard InChI is InChI=1S/C24H31N3O4S/c1-7-16-9-10-18-21(13-16)32-24(25-18)27(12-8-11-26(2)3)23(28)17-14-19(29-4)22(31-6)20(15-17)30-5/h9-10,13-15H,7-8,11-12H2,1-6H3. The Hall–Kier alpha value is -2.84. The van der Waals surface area contributed by atoms with Crippen LogP contribution in [0.25, 0.3) is 10.2 Å². The highest BCUT2D eigenvalue weighted by atomic mass is 32.1. The van der Waals surface area contributed by atoms with E-state index >= 15 is 0 Å². The molecule has 7 nitrogen and oxygen atoms in total. The fourth-order valence-electron chi connectivity index (χ4n) is 3.48. The number of hydrogen-bond donors (Lipinski definition) is 0. The van der Waals surface area contributed by atoms with Crippen LogP contribution >= 0.6 is 11.3 Å². The van der Waals surface area contributed by atoms with Crippen LogP contribution in [0.4, 0.5) is 5.13 Å². The Morgan fingerprint density at radius 2 is 1.69 bits per heavy atom. The third-order valence-electron chi connectivity index (χ3n) is 5.22. The van der Waals surface area contributed by atoms with Crippen molar-refractivity contribution in [1.29, 1.82) is 0 Å². The van der Waals surface area contributed by atoms with Crippen LogP contribution in [0, 0.1) is 0 Å². The van der Waals surface area contributed by atoms with Crippen LogP contribution < -0.4 is 19.1 Å². The number of aromatic nitrogens is 1. The molecule has 172 valence electrons. The maximum absolute atomic E-state index is 13.7. The van der Waals surface area contributed by atoms with Crippen molar-refractivity contribution in [2.24, 2.45) is 0 Å². The summed E-state index contributed by atoms with van der Waals surface area (Å²) in [6.45, 7) is 3.54. The van der Waals surface area contributed by atoms with E-state index in [0.29, 0.717) is 34.5 Å². The van der Waals surface area contributed by atoms with E-state index in [-0.39, 0.29) is 5.91 Å². The molecule has 0 atom stereocenters. The first-order chi connectivity index (χ1) is 15.4. The molecule has 0 saturated carbocycles. The maximum atomic E-state index is 13.7. The zero-order valence-corrected chi connectivity index (χ0v) is 20.4. The Kier molecular flexibility index (Phi) is 7.93. The molecule has 32 heavy (non-hydrogen) atoms. The SMILES string of the molecule is CCc1ccc2nc(N(CCCN(C)C)C(=O)c3cc(OC)c(OC)c(OC)c3)sc2c1. The number of anilines is 1. The summed E-state index contributed by atoms with van der Waals surface area (Å²) in [5, 5.41) is 0.686. The van der Waals surface area contributed by atoms with Gasteiger partial charge < -0.3 is 19.1 Å². The Bertz CT molecular complexity index is 1060. The molecule has 0 aliphatic heterocycles. The van der Waals surface area contributed by atoms with E-state index in [2.05, 4.69) is 24.0 Å². The minimum absolute atomic E-state index is 0.155. The number of aryl methyl sites for hydroxylation is 1. The lowest BCUT2D eigenvalue weighted by molar-refractivity contribution is 0.0985. The van der Waals surface area contributed by atoms with Gasteiger partial charge in [0.1, 0.15) is 0 Å². The number of hydrogen-bond acceptors (Lipinski definition) is 7. The molecular weight excluding hydrogens is 426 g/mol. The zero-order valence-electron chi connectivity index (χ0n) is 19.6. The molecule has 0 aliphatic rings. The zero-order chi connectivity index (χ0) is 23.3. The molecule has 0 radical (unpaired) electrons. The third-order valence-corrected chi connectivity index (χ3v) is 6.27. The largest absolute Gasteiger partial charge is 0.493 e. The number of rotatable bonds is 10. The number of benzene rings is 2. The lowest BCUT2D eigenvalue weighted by Gasteiger charge is -2.22. The van der Waals surface area contributed by atoms with Gasteiger partial charge in [-0.2, -0.15) is 0 Å². The molecule has 0 saturated heterocycles. The van der Waals surface area contributed by atoms with Crippen molar-refractivity contribution in [3.8, 4) is 17.2 Å². The molecule has 0 bridgehead atoms. The van der Waals surface area contributed by atoms with Gasteiger partial charge in [-0.3, -0.25) is 9.69 Å². The van der Waals surface area contributed by atoms with Gasteiger partial charge in [-0.1, -0.05) is 24.3 Å². The summed E-state index contributed by atoms with van der Waals surface area (Å²) in [7, 11) is 8.67. The summed E-state index contributed by atoms with van der Waals surface area (Å²) in [5.74, 6) is 1.19. The summed E-state index contributed by atoms with van der Waals surface area (Å²) in [6.07, 6.45) is 1.78. The molecule has 3 rings (SSSR count).